The summed E-state index contributed by atoms with van der Waals surface area (Å²) in [7, 11) is -3.58. The maximum Gasteiger partial charge on any atom is 0.243 e. The van der Waals surface area contributed by atoms with Crippen LogP contribution in [0.5, 0.6) is 0 Å². The number of nitrogens with zero attached hydrogens (tertiary/aromatic N) is 2. The highest BCUT2D eigenvalue weighted by Crippen LogP contribution is 2.18. The van der Waals surface area contributed by atoms with Crippen molar-refractivity contribution in [1.29, 1.82) is 0 Å². The number of halogens is 1. The third kappa shape index (κ3) is 4.51. The van der Waals surface area contributed by atoms with Gasteiger partial charge in [0.05, 0.1) is 4.90 Å². The van der Waals surface area contributed by atoms with Crippen LogP contribution in [0.3, 0.4) is 0 Å². The van der Waals surface area contributed by atoms with Crippen molar-refractivity contribution in [3.05, 3.63) is 30.1 Å². The van der Waals surface area contributed by atoms with Crippen molar-refractivity contribution in [3.8, 4) is 0 Å². The second-order valence-electron chi connectivity index (χ2n) is 6.24. The van der Waals surface area contributed by atoms with E-state index in [1.54, 1.807) is 0 Å². The Morgan fingerprint density at radius 3 is 2.45 bits per heavy atom. The zero-order valence-corrected chi connectivity index (χ0v) is 14.2. The van der Waals surface area contributed by atoms with Gasteiger partial charge < -0.3 is 4.90 Å². The van der Waals surface area contributed by atoms with E-state index in [1.165, 1.54) is 28.9 Å². The van der Waals surface area contributed by atoms with Gasteiger partial charge in [-0.1, -0.05) is 19.9 Å². The molecule has 0 atom stereocenters. The molecule has 0 aromatic heterocycles. The van der Waals surface area contributed by atoms with Crippen LogP contribution in [-0.2, 0) is 10.0 Å². The first-order chi connectivity index (χ1) is 10.4. The van der Waals surface area contributed by atoms with Gasteiger partial charge in [0.25, 0.3) is 0 Å². The molecule has 1 aromatic rings. The van der Waals surface area contributed by atoms with Crippen LogP contribution < -0.4 is 0 Å². The molecule has 22 heavy (non-hydrogen) atoms. The molecule has 0 unspecified atom stereocenters. The molecule has 0 aliphatic carbocycles. The van der Waals surface area contributed by atoms with Crippen LogP contribution in [0.1, 0.15) is 26.7 Å². The molecule has 0 amide bonds. The van der Waals surface area contributed by atoms with Crippen LogP contribution >= 0.6 is 0 Å². The fourth-order valence-electron chi connectivity index (χ4n) is 2.69. The maximum atomic E-state index is 13.2. The lowest BCUT2D eigenvalue weighted by Crippen LogP contribution is -2.48. The molecule has 1 fully saturated rings. The fraction of sp³-hybridized carbons (Fsp3) is 0.625. The SMILES string of the molecule is CC(C)CCCN1CCN(S(=O)(=O)c2cccc(F)c2)CC1. The van der Waals surface area contributed by atoms with Gasteiger partial charge in [0, 0.05) is 26.2 Å². The van der Waals surface area contributed by atoms with Crippen molar-refractivity contribution < 1.29 is 12.8 Å². The Balaban J connectivity index is 1.91. The minimum atomic E-state index is -3.58. The average Bonchev–Trinajstić information content (AvgIpc) is 2.47. The molecule has 0 bridgehead atoms. The summed E-state index contributed by atoms with van der Waals surface area (Å²) in [6.07, 6.45) is 2.34. The van der Waals surface area contributed by atoms with Gasteiger partial charge in [-0.05, 0) is 43.5 Å². The molecule has 0 spiro atoms. The standard InChI is InChI=1S/C16H25FN2O2S/c1-14(2)5-4-8-18-9-11-19(12-10-18)22(20,21)16-7-3-6-15(17)13-16/h3,6-7,13-14H,4-5,8-12H2,1-2H3. The highest BCUT2D eigenvalue weighted by molar-refractivity contribution is 7.89. The van der Waals surface area contributed by atoms with E-state index in [0.29, 0.717) is 19.0 Å². The molecular formula is C16H25FN2O2S. The lowest BCUT2D eigenvalue weighted by molar-refractivity contribution is 0.183. The first-order valence-corrected chi connectivity index (χ1v) is 9.31. The van der Waals surface area contributed by atoms with Gasteiger partial charge in [0.2, 0.25) is 10.0 Å². The molecule has 6 heteroatoms. The number of sulfonamides is 1. The highest BCUT2D eigenvalue weighted by atomic mass is 32.2. The van der Waals surface area contributed by atoms with Crippen molar-refractivity contribution in [2.75, 3.05) is 32.7 Å². The van der Waals surface area contributed by atoms with E-state index in [-0.39, 0.29) is 4.90 Å². The molecule has 1 heterocycles. The van der Waals surface area contributed by atoms with E-state index >= 15 is 0 Å². The fourth-order valence-corrected chi connectivity index (χ4v) is 4.15. The molecule has 1 aliphatic rings. The quantitative estimate of drug-likeness (QED) is 0.806. The van der Waals surface area contributed by atoms with Crippen LogP contribution in [0.25, 0.3) is 0 Å². The van der Waals surface area contributed by atoms with Crippen LogP contribution in [0.2, 0.25) is 0 Å². The van der Waals surface area contributed by atoms with E-state index in [9.17, 15) is 12.8 Å². The Morgan fingerprint density at radius 2 is 1.86 bits per heavy atom. The van der Waals surface area contributed by atoms with Crippen molar-refractivity contribution in [2.45, 2.75) is 31.6 Å². The van der Waals surface area contributed by atoms with Gasteiger partial charge in [-0.2, -0.15) is 4.31 Å². The van der Waals surface area contributed by atoms with Gasteiger partial charge >= 0.3 is 0 Å². The average molecular weight is 328 g/mol. The second kappa shape index (κ2) is 7.53. The minimum Gasteiger partial charge on any atom is -0.301 e. The summed E-state index contributed by atoms with van der Waals surface area (Å²) < 4.78 is 39.7. The summed E-state index contributed by atoms with van der Waals surface area (Å²) >= 11 is 0. The summed E-state index contributed by atoms with van der Waals surface area (Å²) in [5.74, 6) is 0.183. The zero-order chi connectivity index (χ0) is 16.2. The van der Waals surface area contributed by atoms with Crippen molar-refractivity contribution in [3.63, 3.8) is 0 Å². The summed E-state index contributed by atoms with van der Waals surface area (Å²) in [4.78, 5) is 2.35. The number of hydrogen-bond donors (Lipinski definition) is 0. The van der Waals surface area contributed by atoms with Gasteiger partial charge in [-0.3, -0.25) is 0 Å². The van der Waals surface area contributed by atoms with E-state index in [1.807, 2.05) is 0 Å². The molecule has 1 aromatic carbocycles. The summed E-state index contributed by atoms with van der Waals surface area (Å²) in [6, 6.07) is 5.23. The van der Waals surface area contributed by atoms with Gasteiger partial charge in [0.1, 0.15) is 5.82 Å². The molecule has 4 nitrogen and oxygen atoms in total. The number of hydrogen-bond acceptors (Lipinski definition) is 3. The lowest BCUT2D eigenvalue weighted by atomic mass is 10.1. The van der Waals surface area contributed by atoms with E-state index < -0.39 is 15.8 Å². The maximum absolute atomic E-state index is 13.2. The van der Waals surface area contributed by atoms with Crippen molar-refractivity contribution in [1.82, 2.24) is 9.21 Å². The van der Waals surface area contributed by atoms with Crippen LogP contribution in [-0.4, -0.2) is 50.3 Å². The van der Waals surface area contributed by atoms with Crippen LogP contribution in [0, 0.1) is 11.7 Å². The number of rotatable bonds is 6. The first kappa shape index (κ1) is 17.4. The predicted octanol–water partition coefficient (Wildman–Crippen LogP) is 2.57. The molecule has 1 aliphatic heterocycles. The molecule has 2 rings (SSSR count). The zero-order valence-electron chi connectivity index (χ0n) is 13.3. The molecule has 0 saturated carbocycles. The Bertz CT molecular complexity index is 582. The van der Waals surface area contributed by atoms with Gasteiger partial charge in [0.15, 0.2) is 0 Å². The lowest BCUT2D eigenvalue weighted by Gasteiger charge is -2.34. The van der Waals surface area contributed by atoms with Crippen LogP contribution in [0.4, 0.5) is 4.39 Å². The van der Waals surface area contributed by atoms with Gasteiger partial charge in [-0.25, -0.2) is 12.8 Å². The summed E-state index contributed by atoms with van der Waals surface area (Å²) in [5, 5.41) is 0. The van der Waals surface area contributed by atoms with Crippen molar-refractivity contribution >= 4 is 10.0 Å². The monoisotopic (exact) mass is 328 g/mol. The second-order valence-corrected chi connectivity index (χ2v) is 8.18. The van der Waals surface area contributed by atoms with Crippen LogP contribution in [0.15, 0.2) is 29.2 Å². The third-order valence-electron chi connectivity index (χ3n) is 4.02. The molecule has 0 radical (unpaired) electrons. The molecule has 124 valence electrons. The smallest absolute Gasteiger partial charge is 0.243 e. The van der Waals surface area contributed by atoms with E-state index in [4.69, 9.17) is 0 Å². The normalized spacial score (nSPS) is 18.0. The Kier molecular flexibility index (Phi) is 5.94. The van der Waals surface area contributed by atoms with Gasteiger partial charge in [-0.15, -0.1) is 0 Å². The summed E-state index contributed by atoms with van der Waals surface area (Å²) in [5.41, 5.74) is 0. The number of piperazine rings is 1. The molecule has 1 saturated heterocycles. The Morgan fingerprint density at radius 1 is 1.18 bits per heavy atom. The van der Waals surface area contributed by atoms with Crippen molar-refractivity contribution in [2.24, 2.45) is 5.92 Å². The first-order valence-electron chi connectivity index (χ1n) is 7.87. The molecular weight excluding hydrogens is 303 g/mol. The minimum absolute atomic E-state index is 0.0424. The van der Waals surface area contributed by atoms with E-state index in [2.05, 4.69) is 18.7 Å². The topological polar surface area (TPSA) is 40.6 Å². The number of benzene rings is 1. The Hall–Kier alpha value is -0.980. The molecule has 0 N–H and O–H groups in total. The predicted molar refractivity (Wildman–Crippen MR) is 85.7 cm³/mol. The Labute approximate surface area is 133 Å². The highest BCUT2D eigenvalue weighted by Gasteiger charge is 2.28. The van der Waals surface area contributed by atoms with E-state index in [0.717, 1.165) is 32.1 Å². The summed E-state index contributed by atoms with van der Waals surface area (Å²) in [6.45, 7) is 7.87. The largest absolute Gasteiger partial charge is 0.301 e. The third-order valence-corrected chi connectivity index (χ3v) is 5.92.